The molecule has 38 valence electrons. The predicted molar refractivity (Wildman–Crippen MR) is 29.8 cm³/mol. The lowest BCUT2D eigenvalue weighted by atomic mass is 10.4. The summed E-state index contributed by atoms with van der Waals surface area (Å²) >= 11 is 0. The quantitative estimate of drug-likeness (QED) is 0.430. The molecule has 0 aromatic heterocycles. The molecule has 0 bridgehead atoms. The van der Waals surface area contributed by atoms with Crippen LogP contribution in [0.15, 0.2) is 24.0 Å². The lowest BCUT2D eigenvalue weighted by Crippen LogP contribution is -2.98. The monoisotopic (exact) mass is 96.1 g/mol. The Bertz CT molecular complexity index is 122. The van der Waals surface area contributed by atoms with Crippen molar-refractivity contribution in [3.05, 3.63) is 24.0 Å². The maximum atomic E-state index is 2.17. The van der Waals surface area contributed by atoms with Gasteiger partial charge >= 0.3 is 0 Å². The van der Waals surface area contributed by atoms with Gasteiger partial charge in [0.1, 0.15) is 6.20 Å². The highest BCUT2D eigenvalue weighted by molar-refractivity contribution is 5.14. The fourth-order valence-electron chi connectivity index (χ4n) is 0.718. The molecule has 1 nitrogen and oxygen atoms in total. The molecule has 0 saturated carbocycles. The summed E-state index contributed by atoms with van der Waals surface area (Å²) in [7, 11) is 2.10. The van der Waals surface area contributed by atoms with E-state index in [1.54, 1.807) is 0 Å². The van der Waals surface area contributed by atoms with Crippen LogP contribution in [0.3, 0.4) is 0 Å². The van der Waals surface area contributed by atoms with Gasteiger partial charge in [-0.15, -0.1) is 0 Å². The van der Waals surface area contributed by atoms with Crippen LogP contribution in [-0.2, 0) is 0 Å². The highest BCUT2D eigenvalue weighted by Crippen LogP contribution is 1.91. The van der Waals surface area contributed by atoms with Gasteiger partial charge in [-0.05, 0) is 13.0 Å². The number of rotatable bonds is 0. The van der Waals surface area contributed by atoms with Gasteiger partial charge in [-0.2, -0.15) is 0 Å². The number of hydrogen-bond donors (Lipinski definition) is 1. The van der Waals surface area contributed by atoms with Gasteiger partial charge in [-0.1, -0.05) is 0 Å². The molecule has 0 amide bonds. The van der Waals surface area contributed by atoms with Crippen LogP contribution in [-0.4, -0.2) is 7.05 Å². The SMILES string of the molecule is CC1=C[NH+](C)C=C1. The summed E-state index contributed by atoms with van der Waals surface area (Å²) in [6.07, 6.45) is 6.41. The van der Waals surface area contributed by atoms with Crippen molar-refractivity contribution in [2.45, 2.75) is 6.92 Å². The molecule has 1 unspecified atom stereocenters. The molecule has 0 fully saturated rings. The Balaban J connectivity index is 2.69. The fraction of sp³-hybridized carbons (Fsp3) is 0.333. The number of quaternary nitrogens is 1. The summed E-state index contributed by atoms with van der Waals surface area (Å²) in [4.78, 5) is 1.36. The lowest BCUT2D eigenvalue weighted by Gasteiger charge is -1.90. The molecular formula is C6H10N+. The van der Waals surface area contributed by atoms with Gasteiger partial charge in [0.25, 0.3) is 0 Å². The minimum Gasteiger partial charge on any atom is -0.285 e. The van der Waals surface area contributed by atoms with Crippen LogP contribution in [0, 0.1) is 0 Å². The molecule has 1 rings (SSSR count). The van der Waals surface area contributed by atoms with Crippen molar-refractivity contribution in [3.63, 3.8) is 0 Å². The van der Waals surface area contributed by atoms with Crippen LogP contribution in [0.5, 0.6) is 0 Å². The minimum atomic E-state index is 1.36. The molecule has 0 spiro atoms. The first-order valence-electron chi connectivity index (χ1n) is 2.49. The van der Waals surface area contributed by atoms with Crippen molar-refractivity contribution in [3.8, 4) is 0 Å². The van der Waals surface area contributed by atoms with E-state index in [0.717, 1.165) is 0 Å². The predicted octanol–water partition coefficient (Wildman–Crippen LogP) is -0.0678. The molecule has 1 aliphatic heterocycles. The Labute approximate surface area is 43.9 Å². The average Bonchev–Trinajstić information content (AvgIpc) is 1.87. The second-order valence-corrected chi connectivity index (χ2v) is 1.97. The van der Waals surface area contributed by atoms with Gasteiger partial charge in [-0.3, -0.25) is 4.90 Å². The molecule has 1 atom stereocenters. The Morgan fingerprint density at radius 2 is 2.29 bits per heavy atom. The summed E-state index contributed by atoms with van der Waals surface area (Å²) in [5, 5.41) is 0. The van der Waals surface area contributed by atoms with E-state index in [0.29, 0.717) is 0 Å². The first kappa shape index (κ1) is 4.60. The van der Waals surface area contributed by atoms with Gasteiger partial charge in [0.2, 0.25) is 0 Å². The van der Waals surface area contributed by atoms with Gasteiger partial charge < -0.3 is 0 Å². The third-order valence-corrected chi connectivity index (χ3v) is 1.06. The molecular weight excluding hydrogens is 86.1 g/mol. The Morgan fingerprint density at radius 3 is 2.43 bits per heavy atom. The van der Waals surface area contributed by atoms with E-state index in [4.69, 9.17) is 0 Å². The summed E-state index contributed by atoms with van der Waals surface area (Å²) in [5.41, 5.74) is 1.36. The Hall–Kier alpha value is -0.560. The van der Waals surface area contributed by atoms with E-state index < -0.39 is 0 Å². The van der Waals surface area contributed by atoms with E-state index in [2.05, 4.69) is 32.4 Å². The zero-order valence-corrected chi connectivity index (χ0v) is 4.73. The molecule has 0 saturated heterocycles. The largest absolute Gasteiger partial charge is 0.285 e. The van der Waals surface area contributed by atoms with Crippen LogP contribution in [0.4, 0.5) is 0 Å². The normalized spacial score (nSPS) is 28.3. The van der Waals surface area contributed by atoms with Crippen molar-refractivity contribution in [2.75, 3.05) is 7.05 Å². The Kier molecular flexibility index (Phi) is 0.988. The minimum absolute atomic E-state index is 1.36. The topological polar surface area (TPSA) is 4.44 Å². The van der Waals surface area contributed by atoms with E-state index in [-0.39, 0.29) is 0 Å². The summed E-state index contributed by atoms with van der Waals surface area (Å²) in [6.45, 7) is 2.10. The van der Waals surface area contributed by atoms with E-state index in [9.17, 15) is 0 Å². The average molecular weight is 96.2 g/mol. The fourth-order valence-corrected chi connectivity index (χ4v) is 0.718. The maximum absolute atomic E-state index is 2.17. The van der Waals surface area contributed by atoms with E-state index in [1.807, 2.05) is 0 Å². The zero-order valence-electron chi connectivity index (χ0n) is 4.73. The standard InChI is InChI=1S/C6H9N/c1-6-3-4-7(2)5-6/h3-5H,1-2H3/p+1. The van der Waals surface area contributed by atoms with Crippen LogP contribution in [0.2, 0.25) is 0 Å². The van der Waals surface area contributed by atoms with E-state index in [1.165, 1.54) is 10.5 Å². The summed E-state index contributed by atoms with van der Waals surface area (Å²) in [5.74, 6) is 0. The van der Waals surface area contributed by atoms with Crippen molar-refractivity contribution >= 4 is 0 Å². The zero-order chi connectivity index (χ0) is 5.28. The van der Waals surface area contributed by atoms with Crippen molar-refractivity contribution in [2.24, 2.45) is 0 Å². The summed E-state index contributed by atoms with van der Waals surface area (Å²) < 4.78 is 0. The smallest absolute Gasteiger partial charge is 0.102 e. The van der Waals surface area contributed by atoms with Crippen LogP contribution in [0.25, 0.3) is 0 Å². The van der Waals surface area contributed by atoms with E-state index >= 15 is 0 Å². The Morgan fingerprint density at radius 1 is 1.57 bits per heavy atom. The molecule has 1 heteroatoms. The second kappa shape index (κ2) is 1.51. The molecule has 0 radical (unpaired) electrons. The van der Waals surface area contributed by atoms with Gasteiger partial charge in [-0.25, -0.2) is 0 Å². The third kappa shape index (κ3) is 0.904. The second-order valence-electron chi connectivity index (χ2n) is 1.97. The molecule has 1 heterocycles. The van der Waals surface area contributed by atoms with Gasteiger partial charge in [0, 0.05) is 5.57 Å². The van der Waals surface area contributed by atoms with Gasteiger partial charge in [0.15, 0.2) is 0 Å². The van der Waals surface area contributed by atoms with Crippen molar-refractivity contribution < 1.29 is 4.90 Å². The number of allylic oxidation sites excluding steroid dienone is 2. The number of nitrogens with one attached hydrogen (secondary N) is 1. The first-order valence-corrected chi connectivity index (χ1v) is 2.49. The maximum Gasteiger partial charge on any atom is 0.102 e. The first-order chi connectivity index (χ1) is 3.29. The van der Waals surface area contributed by atoms with Gasteiger partial charge in [0.05, 0.1) is 13.2 Å². The van der Waals surface area contributed by atoms with Crippen LogP contribution < -0.4 is 4.90 Å². The highest BCUT2D eigenvalue weighted by atomic mass is 15.1. The molecule has 1 N–H and O–H groups in total. The number of hydrogen-bond acceptors (Lipinski definition) is 0. The lowest BCUT2D eigenvalue weighted by molar-refractivity contribution is -0.763. The van der Waals surface area contributed by atoms with Crippen molar-refractivity contribution in [1.29, 1.82) is 0 Å². The van der Waals surface area contributed by atoms with Crippen LogP contribution in [0.1, 0.15) is 6.92 Å². The highest BCUT2D eigenvalue weighted by Gasteiger charge is 1.98. The molecule has 0 aromatic rings. The van der Waals surface area contributed by atoms with Crippen LogP contribution >= 0.6 is 0 Å². The molecule has 1 aliphatic rings. The molecule has 0 aromatic carbocycles. The molecule has 0 aliphatic carbocycles. The van der Waals surface area contributed by atoms with Crippen molar-refractivity contribution in [1.82, 2.24) is 0 Å². The summed E-state index contributed by atoms with van der Waals surface area (Å²) in [6, 6.07) is 0. The molecule has 7 heavy (non-hydrogen) atoms. The third-order valence-electron chi connectivity index (χ3n) is 1.06.